The van der Waals surface area contributed by atoms with Gasteiger partial charge in [0, 0.05) is 47.4 Å². The lowest BCUT2D eigenvalue weighted by atomic mass is 9.72. The van der Waals surface area contributed by atoms with Gasteiger partial charge in [-0.2, -0.15) is 13.2 Å². The normalized spacial score (nSPS) is 20.8. The number of anilines is 1. The molecule has 4 unspecified atom stereocenters. The second-order valence-electron chi connectivity index (χ2n) is 12.6. The lowest BCUT2D eigenvalue weighted by molar-refractivity contribution is -0.192. The van der Waals surface area contributed by atoms with Crippen molar-refractivity contribution in [2.75, 3.05) is 38.6 Å². The molecule has 0 saturated carbocycles. The summed E-state index contributed by atoms with van der Waals surface area (Å²) >= 11 is 6.40. The number of carboxylic acid groups (broad SMARTS) is 1. The molecule has 3 heterocycles. The molecule has 48 heavy (non-hydrogen) atoms. The minimum absolute atomic E-state index is 0.154. The number of hydrogen-bond acceptors (Lipinski definition) is 5. The quantitative estimate of drug-likeness (QED) is 0.283. The van der Waals surface area contributed by atoms with Gasteiger partial charge in [-0.25, -0.2) is 9.59 Å². The van der Waals surface area contributed by atoms with Crippen molar-refractivity contribution in [3.05, 3.63) is 64.8 Å². The lowest BCUT2D eigenvalue weighted by Crippen LogP contribution is -2.61. The molecule has 260 valence electrons. The molecule has 0 aliphatic carbocycles. The fraction of sp³-hybridized carbons (Fsp3) is 0.455. The van der Waals surface area contributed by atoms with E-state index in [9.17, 15) is 22.8 Å². The number of aromatic amines is 1. The number of amides is 4. The van der Waals surface area contributed by atoms with Crippen LogP contribution in [0.25, 0.3) is 10.9 Å². The van der Waals surface area contributed by atoms with Crippen LogP contribution in [0.15, 0.2) is 48.7 Å². The molecule has 3 aromatic rings. The van der Waals surface area contributed by atoms with Gasteiger partial charge < -0.3 is 36.3 Å². The van der Waals surface area contributed by atoms with Gasteiger partial charge in [0.15, 0.2) is 0 Å². The number of halogens is 4. The van der Waals surface area contributed by atoms with E-state index < -0.39 is 42.0 Å². The van der Waals surface area contributed by atoms with Crippen LogP contribution in [-0.2, 0) is 20.8 Å². The Labute approximate surface area is 281 Å². The van der Waals surface area contributed by atoms with Crippen molar-refractivity contribution in [1.29, 1.82) is 0 Å². The number of benzene rings is 2. The molecule has 1 saturated heterocycles. The first-order valence-corrected chi connectivity index (χ1v) is 15.8. The highest BCUT2D eigenvalue weighted by Gasteiger charge is 2.49. The smallest absolute Gasteiger partial charge is 0.475 e. The monoisotopic (exact) mass is 692 g/mol. The molecular formula is C33H40ClF3N6O5. The Balaban J connectivity index is 0.000000671. The Kier molecular flexibility index (Phi) is 11.3. The highest BCUT2D eigenvalue weighted by atomic mass is 35.5. The third-order valence-electron chi connectivity index (χ3n) is 9.05. The Morgan fingerprint density at radius 3 is 2.40 bits per heavy atom. The molecule has 2 aliphatic rings. The number of carboxylic acids is 1. The summed E-state index contributed by atoms with van der Waals surface area (Å²) in [7, 11) is 4.04. The first kappa shape index (κ1) is 36.5. The van der Waals surface area contributed by atoms with E-state index in [2.05, 4.69) is 9.88 Å². The number of piperidine rings is 1. The van der Waals surface area contributed by atoms with Crippen LogP contribution in [0.3, 0.4) is 0 Å². The molecule has 5 rings (SSSR count). The average Bonchev–Trinajstić information content (AvgIpc) is 3.44. The van der Waals surface area contributed by atoms with Gasteiger partial charge >= 0.3 is 18.2 Å². The van der Waals surface area contributed by atoms with Gasteiger partial charge in [0.1, 0.15) is 0 Å². The highest BCUT2D eigenvalue weighted by molar-refractivity contribution is 6.30. The van der Waals surface area contributed by atoms with E-state index in [-0.39, 0.29) is 17.7 Å². The van der Waals surface area contributed by atoms with E-state index in [1.54, 1.807) is 6.07 Å². The van der Waals surface area contributed by atoms with Crippen molar-refractivity contribution in [3.63, 3.8) is 0 Å². The minimum Gasteiger partial charge on any atom is -0.475 e. The number of primary amides is 2. The number of H-pyrrole nitrogens is 1. The van der Waals surface area contributed by atoms with Crippen molar-refractivity contribution in [2.24, 2.45) is 29.2 Å². The second-order valence-corrected chi connectivity index (χ2v) is 13.1. The topological polar surface area (TPSA) is 166 Å². The summed E-state index contributed by atoms with van der Waals surface area (Å²) < 4.78 is 31.7. The number of hydrogen-bond donors (Lipinski definition) is 4. The van der Waals surface area contributed by atoms with Crippen LogP contribution in [0.1, 0.15) is 36.8 Å². The number of nitrogens with two attached hydrogens (primary N) is 2. The number of alkyl halides is 3. The number of carbonyl (C=O) groups is 4. The molecule has 4 amide bonds. The van der Waals surface area contributed by atoms with Gasteiger partial charge in [0.25, 0.3) is 0 Å². The standard InChI is InChI=1S/C31H39ClN6O3.C2HF3O2/c1-18(24-15-35-25-9-5-4-7-22(24)25)27(28-23(29(33)39)8-6-12-37(28)31(34)41)30(40)38-17-19(16-36(2)3)13-20-14-21(32)10-11-26(20)38;3-2(4,5)1(6)7/h4-5,7,9-11,14-15,18-19,23,27-28,35H,6,8,12-13,16-17H2,1-3H3,(H2,33,39)(H2,34,41);(H,6,7)/t18?,19-,23?,27?,28?;/m1./s1. The van der Waals surface area contributed by atoms with Crippen LogP contribution in [0.5, 0.6) is 0 Å². The minimum atomic E-state index is -5.08. The number of carbonyl (C=O) groups excluding carboxylic acids is 3. The summed E-state index contributed by atoms with van der Waals surface area (Å²) in [4.78, 5) is 58.4. The molecule has 2 aromatic carbocycles. The van der Waals surface area contributed by atoms with E-state index in [0.29, 0.717) is 31.0 Å². The predicted octanol–water partition coefficient (Wildman–Crippen LogP) is 4.59. The van der Waals surface area contributed by atoms with Gasteiger partial charge in [-0.3, -0.25) is 9.59 Å². The van der Waals surface area contributed by atoms with Crippen LogP contribution in [0.2, 0.25) is 5.02 Å². The van der Waals surface area contributed by atoms with Gasteiger partial charge in [-0.15, -0.1) is 0 Å². The zero-order valence-corrected chi connectivity index (χ0v) is 27.6. The summed E-state index contributed by atoms with van der Waals surface area (Å²) in [5.41, 5.74) is 15.5. The lowest BCUT2D eigenvalue weighted by Gasteiger charge is -2.47. The van der Waals surface area contributed by atoms with E-state index in [4.69, 9.17) is 33.0 Å². The van der Waals surface area contributed by atoms with Gasteiger partial charge in [-0.05, 0) is 80.6 Å². The van der Waals surface area contributed by atoms with E-state index in [1.165, 1.54) is 4.90 Å². The van der Waals surface area contributed by atoms with Crippen molar-refractivity contribution < 1.29 is 37.5 Å². The van der Waals surface area contributed by atoms with Gasteiger partial charge in [-0.1, -0.05) is 36.7 Å². The Morgan fingerprint density at radius 1 is 1.12 bits per heavy atom. The first-order chi connectivity index (χ1) is 22.5. The summed E-state index contributed by atoms with van der Waals surface area (Å²) in [6, 6.07) is 12.1. The SMILES string of the molecule is CC(c1c[nH]c2ccccc12)C(C(=O)N1C[C@@H](CN(C)C)Cc2cc(Cl)ccc21)C1C(C(N)=O)CCCN1C(N)=O.O=C(O)C(F)(F)F. The highest BCUT2D eigenvalue weighted by Crippen LogP contribution is 2.42. The average molecular weight is 693 g/mol. The third-order valence-corrected chi connectivity index (χ3v) is 9.29. The van der Waals surface area contributed by atoms with Crippen molar-refractivity contribution in [1.82, 2.24) is 14.8 Å². The molecule has 0 radical (unpaired) electrons. The molecule has 1 fully saturated rings. The number of urea groups is 1. The summed E-state index contributed by atoms with van der Waals surface area (Å²) in [5.74, 6) is -5.11. The second kappa shape index (κ2) is 14.9. The number of nitrogens with zero attached hydrogens (tertiary/aromatic N) is 3. The van der Waals surface area contributed by atoms with Gasteiger partial charge in [0.2, 0.25) is 11.8 Å². The molecule has 5 atom stereocenters. The molecule has 15 heteroatoms. The van der Waals surface area contributed by atoms with E-state index >= 15 is 4.79 Å². The van der Waals surface area contributed by atoms with Crippen LogP contribution in [0, 0.1) is 17.8 Å². The molecule has 0 bridgehead atoms. The zero-order valence-electron chi connectivity index (χ0n) is 26.8. The summed E-state index contributed by atoms with van der Waals surface area (Å²) in [6.07, 6.45) is -1.29. The Morgan fingerprint density at radius 2 is 1.79 bits per heavy atom. The van der Waals surface area contributed by atoms with Crippen LogP contribution in [0.4, 0.5) is 23.7 Å². The Bertz CT molecular complexity index is 1640. The molecular weight excluding hydrogens is 653 g/mol. The number of para-hydroxylation sites is 1. The van der Waals surface area contributed by atoms with Crippen LogP contribution < -0.4 is 16.4 Å². The summed E-state index contributed by atoms with van der Waals surface area (Å²) in [6.45, 7) is 3.66. The van der Waals surface area contributed by atoms with Crippen molar-refractivity contribution in [2.45, 2.75) is 44.3 Å². The fourth-order valence-corrected chi connectivity index (χ4v) is 7.29. The molecule has 2 aliphatic heterocycles. The number of aliphatic carboxylic acids is 1. The maximum absolute atomic E-state index is 15.0. The zero-order chi connectivity index (χ0) is 35.5. The summed E-state index contributed by atoms with van der Waals surface area (Å²) in [5, 5.41) is 8.73. The molecule has 0 spiro atoms. The third kappa shape index (κ3) is 8.04. The number of aromatic nitrogens is 1. The van der Waals surface area contributed by atoms with E-state index in [1.807, 2.05) is 68.5 Å². The van der Waals surface area contributed by atoms with Gasteiger partial charge in [0.05, 0.1) is 17.9 Å². The Hall–Kier alpha value is -4.30. The maximum Gasteiger partial charge on any atom is 0.490 e. The fourth-order valence-electron chi connectivity index (χ4n) is 7.09. The van der Waals surface area contributed by atoms with Crippen LogP contribution in [-0.4, -0.2) is 89.7 Å². The van der Waals surface area contributed by atoms with Crippen molar-refractivity contribution >= 4 is 52.0 Å². The maximum atomic E-state index is 15.0. The number of rotatable bonds is 7. The largest absolute Gasteiger partial charge is 0.490 e. The van der Waals surface area contributed by atoms with Crippen LogP contribution >= 0.6 is 11.6 Å². The molecule has 6 N–H and O–H groups in total. The number of likely N-dealkylation sites (tertiary alicyclic amines) is 1. The molecule has 1 aromatic heterocycles. The first-order valence-electron chi connectivity index (χ1n) is 15.5. The van der Waals surface area contributed by atoms with Crippen molar-refractivity contribution in [3.8, 4) is 0 Å². The number of nitrogens with one attached hydrogen (secondary N) is 1. The predicted molar refractivity (Wildman–Crippen MR) is 175 cm³/mol. The van der Waals surface area contributed by atoms with E-state index in [0.717, 1.165) is 40.7 Å². The molecule has 11 nitrogen and oxygen atoms in total. The number of fused-ring (bicyclic) bond motifs is 2.